The van der Waals surface area contributed by atoms with Crippen molar-refractivity contribution >= 4 is 21.6 Å². The Hall–Kier alpha value is -0.540. The van der Waals surface area contributed by atoms with Gasteiger partial charge in [0, 0.05) is 23.2 Å². The monoisotopic (exact) mass is 296 g/mol. The fraction of sp³-hybridized carbons (Fsp3) is 0.571. The second kappa shape index (κ2) is 5.40. The first-order valence-electron chi connectivity index (χ1n) is 6.39. The lowest BCUT2D eigenvalue weighted by Gasteiger charge is -2.41. The van der Waals surface area contributed by atoms with Crippen LogP contribution < -0.4 is 11.1 Å². The smallest absolute Gasteiger partial charge is 0.0328 e. The van der Waals surface area contributed by atoms with Gasteiger partial charge in [0.25, 0.3) is 0 Å². The molecule has 0 spiro atoms. The zero-order valence-corrected chi connectivity index (χ0v) is 12.0. The highest BCUT2D eigenvalue weighted by atomic mass is 79.9. The van der Waals surface area contributed by atoms with E-state index in [4.69, 9.17) is 5.73 Å². The first-order valence-corrected chi connectivity index (χ1v) is 7.18. The van der Waals surface area contributed by atoms with Crippen LogP contribution in [0.2, 0.25) is 0 Å². The van der Waals surface area contributed by atoms with Gasteiger partial charge in [-0.25, -0.2) is 0 Å². The van der Waals surface area contributed by atoms with Gasteiger partial charge in [-0.15, -0.1) is 0 Å². The number of hydrogen-bond acceptors (Lipinski definition) is 2. The molecule has 0 unspecified atom stereocenters. The summed E-state index contributed by atoms with van der Waals surface area (Å²) in [6, 6.07) is 6.10. The Labute approximate surface area is 112 Å². The van der Waals surface area contributed by atoms with E-state index in [-0.39, 0.29) is 0 Å². The summed E-state index contributed by atoms with van der Waals surface area (Å²) < 4.78 is 1.06. The van der Waals surface area contributed by atoms with Gasteiger partial charge in [0.15, 0.2) is 0 Å². The first kappa shape index (κ1) is 12.9. The van der Waals surface area contributed by atoms with Gasteiger partial charge in [-0.1, -0.05) is 29.3 Å². The molecular weight excluding hydrogens is 276 g/mol. The van der Waals surface area contributed by atoms with Crippen molar-refractivity contribution in [2.75, 3.05) is 12.3 Å². The van der Waals surface area contributed by atoms with Crippen molar-refractivity contribution < 1.29 is 0 Å². The lowest BCUT2D eigenvalue weighted by atomic mass is 9.67. The van der Waals surface area contributed by atoms with Crippen molar-refractivity contribution in [3.8, 4) is 0 Å². The van der Waals surface area contributed by atoms with Crippen LogP contribution in [0.25, 0.3) is 0 Å². The Balaban J connectivity index is 1.85. The Bertz CT molecular complexity index is 360. The number of halogens is 1. The van der Waals surface area contributed by atoms with Gasteiger partial charge in [-0.3, -0.25) is 0 Å². The molecule has 0 amide bonds. The van der Waals surface area contributed by atoms with Crippen LogP contribution in [-0.2, 0) is 6.54 Å². The number of benzene rings is 1. The Morgan fingerprint density at radius 3 is 2.65 bits per heavy atom. The Morgan fingerprint density at radius 2 is 2.12 bits per heavy atom. The van der Waals surface area contributed by atoms with Crippen molar-refractivity contribution in [3.05, 3.63) is 28.2 Å². The zero-order valence-electron chi connectivity index (χ0n) is 10.4. The van der Waals surface area contributed by atoms with Gasteiger partial charge in [0.05, 0.1) is 0 Å². The molecule has 2 nitrogen and oxygen atoms in total. The fourth-order valence-corrected chi connectivity index (χ4v) is 3.14. The maximum absolute atomic E-state index is 5.82. The number of rotatable bonds is 5. The topological polar surface area (TPSA) is 38.0 Å². The summed E-state index contributed by atoms with van der Waals surface area (Å²) in [6.07, 6.45) is 5.47. The Morgan fingerprint density at radius 1 is 1.35 bits per heavy atom. The summed E-state index contributed by atoms with van der Waals surface area (Å²) in [4.78, 5) is 0. The average molecular weight is 297 g/mol. The molecule has 0 atom stereocenters. The molecule has 1 aromatic carbocycles. The van der Waals surface area contributed by atoms with Gasteiger partial charge >= 0.3 is 0 Å². The highest BCUT2D eigenvalue weighted by Gasteiger charge is 2.34. The number of nitrogens with one attached hydrogen (secondary N) is 1. The SMILES string of the molecule is CCC1(CNCc2cc(N)cc(Br)c2)CCC1. The van der Waals surface area contributed by atoms with Crippen molar-refractivity contribution in [2.24, 2.45) is 5.41 Å². The molecule has 0 aromatic heterocycles. The molecular formula is C14H21BrN2. The molecule has 1 aromatic rings. The number of nitrogens with two attached hydrogens (primary N) is 1. The van der Waals surface area contributed by atoms with Crippen LogP contribution in [-0.4, -0.2) is 6.54 Å². The minimum Gasteiger partial charge on any atom is -0.399 e. The van der Waals surface area contributed by atoms with E-state index in [2.05, 4.69) is 34.2 Å². The molecule has 1 fully saturated rings. The maximum Gasteiger partial charge on any atom is 0.0328 e. The van der Waals surface area contributed by atoms with E-state index < -0.39 is 0 Å². The molecule has 0 radical (unpaired) electrons. The van der Waals surface area contributed by atoms with E-state index in [0.717, 1.165) is 23.2 Å². The lowest BCUT2D eigenvalue weighted by molar-refractivity contribution is 0.124. The van der Waals surface area contributed by atoms with Crippen molar-refractivity contribution in [3.63, 3.8) is 0 Å². The summed E-state index contributed by atoms with van der Waals surface area (Å²) in [5.74, 6) is 0. The van der Waals surface area contributed by atoms with E-state index >= 15 is 0 Å². The van der Waals surface area contributed by atoms with Crippen LogP contribution in [0.3, 0.4) is 0 Å². The van der Waals surface area contributed by atoms with Crippen LogP contribution in [0.4, 0.5) is 5.69 Å². The molecule has 1 aliphatic carbocycles. The predicted octanol–water partition coefficient (Wildman–Crippen LogP) is 3.70. The summed E-state index contributed by atoms with van der Waals surface area (Å²) >= 11 is 3.48. The molecule has 1 aliphatic rings. The van der Waals surface area contributed by atoms with Gasteiger partial charge in [0.2, 0.25) is 0 Å². The second-order valence-electron chi connectivity index (χ2n) is 5.20. The quantitative estimate of drug-likeness (QED) is 0.813. The lowest BCUT2D eigenvalue weighted by Crippen LogP contribution is -2.39. The molecule has 0 aliphatic heterocycles. The largest absolute Gasteiger partial charge is 0.399 e. The van der Waals surface area contributed by atoms with E-state index in [1.807, 2.05) is 12.1 Å². The molecule has 0 heterocycles. The second-order valence-corrected chi connectivity index (χ2v) is 6.12. The summed E-state index contributed by atoms with van der Waals surface area (Å²) in [6.45, 7) is 4.35. The molecule has 94 valence electrons. The van der Waals surface area contributed by atoms with Crippen LogP contribution in [0.5, 0.6) is 0 Å². The van der Waals surface area contributed by atoms with E-state index in [0.29, 0.717) is 5.41 Å². The van der Waals surface area contributed by atoms with E-state index in [1.54, 1.807) is 0 Å². The molecule has 2 rings (SSSR count). The van der Waals surface area contributed by atoms with E-state index in [9.17, 15) is 0 Å². The number of hydrogen-bond donors (Lipinski definition) is 2. The Kier molecular flexibility index (Phi) is 4.10. The van der Waals surface area contributed by atoms with E-state index in [1.165, 1.54) is 31.2 Å². The van der Waals surface area contributed by atoms with Crippen LogP contribution in [0, 0.1) is 5.41 Å². The van der Waals surface area contributed by atoms with Crippen molar-refractivity contribution in [1.82, 2.24) is 5.32 Å². The van der Waals surface area contributed by atoms with Gasteiger partial charge < -0.3 is 11.1 Å². The zero-order chi connectivity index (χ0) is 12.3. The molecule has 3 N–H and O–H groups in total. The summed E-state index contributed by atoms with van der Waals surface area (Å²) in [5.41, 5.74) is 8.48. The third-order valence-corrected chi connectivity index (χ3v) is 4.43. The average Bonchev–Trinajstić information content (AvgIpc) is 2.20. The first-order chi connectivity index (χ1) is 8.13. The summed E-state index contributed by atoms with van der Waals surface area (Å²) in [5, 5.41) is 3.57. The summed E-state index contributed by atoms with van der Waals surface area (Å²) in [7, 11) is 0. The molecule has 1 saturated carbocycles. The van der Waals surface area contributed by atoms with Crippen LogP contribution >= 0.6 is 15.9 Å². The van der Waals surface area contributed by atoms with Crippen LogP contribution in [0.15, 0.2) is 22.7 Å². The standard InChI is InChI=1S/C14H21BrN2/c1-2-14(4-3-5-14)10-17-9-11-6-12(15)8-13(16)7-11/h6-8,17H,2-5,9-10,16H2,1H3. The normalized spacial score (nSPS) is 17.8. The molecule has 3 heteroatoms. The number of anilines is 1. The highest BCUT2D eigenvalue weighted by Crippen LogP contribution is 2.43. The van der Waals surface area contributed by atoms with Crippen molar-refractivity contribution in [1.29, 1.82) is 0 Å². The third kappa shape index (κ3) is 3.23. The number of nitrogen functional groups attached to an aromatic ring is 1. The maximum atomic E-state index is 5.82. The third-order valence-electron chi connectivity index (χ3n) is 3.97. The fourth-order valence-electron chi connectivity index (χ4n) is 2.58. The predicted molar refractivity (Wildman–Crippen MR) is 76.8 cm³/mol. The minimum absolute atomic E-state index is 0.581. The van der Waals surface area contributed by atoms with Gasteiger partial charge in [0.1, 0.15) is 0 Å². The van der Waals surface area contributed by atoms with Crippen LogP contribution in [0.1, 0.15) is 38.2 Å². The van der Waals surface area contributed by atoms with Gasteiger partial charge in [-0.05, 0) is 48.4 Å². The van der Waals surface area contributed by atoms with Gasteiger partial charge in [-0.2, -0.15) is 0 Å². The molecule has 17 heavy (non-hydrogen) atoms. The van der Waals surface area contributed by atoms with Crippen molar-refractivity contribution in [2.45, 2.75) is 39.2 Å². The molecule has 0 saturated heterocycles. The minimum atomic E-state index is 0.581. The highest BCUT2D eigenvalue weighted by molar-refractivity contribution is 9.10. The molecule has 0 bridgehead atoms.